The number of likely N-dealkylation sites (N-methyl/N-ethyl adjacent to an activating group) is 1. The van der Waals surface area contributed by atoms with Crippen LogP contribution < -0.4 is 10.5 Å². The molecule has 0 spiro atoms. The molecule has 0 fully saturated rings. The van der Waals surface area contributed by atoms with Gasteiger partial charge in [-0.2, -0.15) is 0 Å². The minimum absolute atomic E-state index is 0.0426. The molecule has 0 saturated carbocycles. The van der Waals surface area contributed by atoms with Crippen LogP contribution >= 0.6 is 0 Å². The Morgan fingerprint density at radius 2 is 1.58 bits per heavy atom. The third kappa shape index (κ3) is 3.58. The first-order valence-electron chi connectivity index (χ1n) is 11.0. The molecule has 3 aromatic carbocycles. The van der Waals surface area contributed by atoms with Gasteiger partial charge in [0.05, 0.1) is 5.54 Å². The Balaban J connectivity index is 1.55. The van der Waals surface area contributed by atoms with Gasteiger partial charge in [0.15, 0.2) is 5.78 Å². The summed E-state index contributed by atoms with van der Waals surface area (Å²) in [6.45, 7) is 6.37. The first kappa shape index (κ1) is 21.0. The van der Waals surface area contributed by atoms with E-state index in [1.807, 2.05) is 61.6 Å². The largest absolute Gasteiger partial charge is 0.422 e. The highest BCUT2D eigenvalue weighted by Gasteiger charge is 2.29. The van der Waals surface area contributed by atoms with Crippen molar-refractivity contribution in [2.75, 3.05) is 11.9 Å². The van der Waals surface area contributed by atoms with Crippen LogP contribution in [0.1, 0.15) is 42.3 Å². The van der Waals surface area contributed by atoms with E-state index in [-0.39, 0.29) is 16.9 Å². The maximum atomic E-state index is 13.2. The summed E-state index contributed by atoms with van der Waals surface area (Å²) in [5.74, 6) is -0.339. The van der Waals surface area contributed by atoms with E-state index in [1.165, 1.54) is 0 Å². The number of carbonyl (C=O) groups is 1. The van der Waals surface area contributed by atoms with E-state index in [9.17, 15) is 9.59 Å². The molecule has 0 atom stereocenters. The van der Waals surface area contributed by atoms with Gasteiger partial charge in [-0.05, 0) is 49.6 Å². The van der Waals surface area contributed by atoms with Crippen LogP contribution in [0.5, 0.6) is 0 Å². The lowest BCUT2D eigenvalue weighted by Gasteiger charge is -2.40. The number of hydrogen-bond donors (Lipinski definition) is 0. The fourth-order valence-electron chi connectivity index (χ4n) is 4.52. The minimum atomic E-state index is -0.621. The van der Waals surface area contributed by atoms with Crippen LogP contribution in [0.2, 0.25) is 0 Å². The summed E-state index contributed by atoms with van der Waals surface area (Å²) in [5.41, 5.74) is 5.53. The van der Waals surface area contributed by atoms with Crippen molar-refractivity contribution in [1.29, 1.82) is 0 Å². The predicted molar refractivity (Wildman–Crippen MR) is 134 cm³/mol. The summed E-state index contributed by atoms with van der Waals surface area (Å²) in [7, 11) is 2.03. The van der Waals surface area contributed by atoms with E-state index < -0.39 is 5.63 Å². The second-order valence-electron chi connectivity index (χ2n) is 9.17. The normalized spacial score (nSPS) is 14.7. The maximum Gasteiger partial charge on any atom is 0.347 e. The van der Waals surface area contributed by atoms with Crippen molar-refractivity contribution in [3.8, 4) is 11.1 Å². The third-order valence-electron chi connectivity index (χ3n) is 6.57. The monoisotopic (exact) mass is 435 g/mol. The van der Waals surface area contributed by atoms with Crippen molar-refractivity contribution in [3.05, 3.63) is 106 Å². The summed E-state index contributed by atoms with van der Waals surface area (Å²) >= 11 is 0. The fraction of sp³-hybridized carbons (Fsp3) is 0.172. The van der Waals surface area contributed by atoms with Crippen LogP contribution in [0.3, 0.4) is 0 Å². The molecule has 33 heavy (non-hydrogen) atoms. The number of hydrogen-bond acceptors (Lipinski definition) is 4. The van der Waals surface area contributed by atoms with Gasteiger partial charge < -0.3 is 9.32 Å². The summed E-state index contributed by atoms with van der Waals surface area (Å²) in [6, 6.07) is 22.8. The van der Waals surface area contributed by atoms with Crippen LogP contribution in [-0.4, -0.2) is 18.4 Å². The zero-order valence-corrected chi connectivity index (χ0v) is 19.2. The molecular weight excluding hydrogens is 410 g/mol. The molecule has 0 bridgehead atoms. The lowest BCUT2D eigenvalue weighted by Crippen LogP contribution is -2.42. The van der Waals surface area contributed by atoms with Gasteiger partial charge in [-0.3, -0.25) is 4.79 Å². The molecule has 164 valence electrons. The molecule has 4 aromatic rings. The van der Waals surface area contributed by atoms with E-state index in [4.69, 9.17) is 4.42 Å². The van der Waals surface area contributed by atoms with Crippen LogP contribution in [0, 0.1) is 0 Å². The van der Waals surface area contributed by atoms with Gasteiger partial charge in [-0.1, -0.05) is 60.7 Å². The highest BCUT2D eigenvalue weighted by Crippen LogP contribution is 2.40. The smallest absolute Gasteiger partial charge is 0.347 e. The molecule has 4 nitrogen and oxygen atoms in total. The quantitative estimate of drug-likeness (QED) is 0.279. The van der Waals surface area contributed by atoms with Gasteiger partial charge in [-0.15, -0.1) is 0 Å². The second kappa shape index (κ2) is 7.59. The van der Waals surface area contributed by atoms with E-state index in [0.717, 1.165) is 33.3 Å². The molecular formula is C29H25NO3. The standard InChI is InChI=1S/C29H25NO3/c1-18-17-29(2,3)30(4)25-16-26-22(14-23(18)25)15-24(28(32)33-26)27(31)21-12-10-20(11-13-21)19-8-6-5-7-9-19/h5-17H,1-4H3. The maximum absolute atomic E-state index is 13.2. The van der Waals surface area contributed by atoms with E-state index in [2.05, 4.69) is 31.7 Å². The topological polar surface area (TPSA) is 50.5 Å². The molecule has 0 N–H and O–H groups in total. The minimum Gasteiger partial charge on any atom is -0.422 e. The second-order valence-corrected chi connectivity index (χ2v) is 9.17. The number of ketones is 1. The van der Waals surface area contributed by atoms with Crippen molar-refractivity contribution in [2.45, 2.75) is 26.3 Å². The third-order valence-corrected chi connectivity index (χ3v) is 6.57. The fourth-order valence-corrected chi connectivity index (χ4v) is 4.52. The molecule has 0 radical (unpaired) electrons. The van der Waals surface area contributed by atoms with Gasteiger partial charge >= 0.3 is 5.63 Å². The predicted octanol–water partition coefficient (Wildman–Crippen LogP) is 6.32. The Morgan fingerprint density at radius 3 is 2.27 bits per heavy atom. The molecule has 0 unspecified atom stereocenters. The first-order valence-corrected chi connectivity index (χ1v) is 11.0. The number of fused-ring (bicyclic) bond motifs is 2. The van der Waals surface area contributed by atoms with E-state index in [1.54, 1.807) is 18.2 Å². The van der Waals surface area contributed by atoms with Crippen molar-refractivity contribution in [2.24, 2.45) is 0 Å². The highest BCUT2D eigenvalue weighted by molar-refractivity contribution is 6.10. The van der Waals surface area contributed by atoms with Gasteiger partial charge in [0.2, 0.25) is 0 Å². The Bertz CT molecular complexity index is 1480. The van der Waals surface area contributed by atoms with Crippen LogP contribution in [0.15, 0.2) is 88.1 Å². The molecule has 1 aliphatic heterocycles. The van der Waals surface area contributed by atoms with Crippen molar-refractivity contribution in [3.63, 3.8) is 0 Å². The molecule has 1 aliphatic rings. The number of anilines is 1. The first-order chi connectivity index (χ1) is 15.7. The summed E-state index contributed by atoms with van der Waals surface area (Å²) in [6.07, 6.45) is 2.22. The number of nitrogens with zero attached hydrogens (tertiary/aromatic N) is 1. The Kier molecular flexibility index (Phi) is 4.82. The summed E-state index contributed by atoms with van der Waals surface area (Å²) in [4.78, 5) is 28.1. The molecule has 1 aromatic heterocycles. The highest BCUT2D eigenvalue weighted by atomic mass is 16.4. The Labute approximate surface area is 192 Å². The molecule has 0 aliphatic carbocycles. The number of rotatable bonds is 3. The molecule has 2 heterocycles. The molecule has 4 heteroatoms. The van der Waals surface area contributed by atoms with Crippen LogP contribution in [0.25, 0.3) is 27.7 Å². The number of benzene rings is 3. The van der Waals surface area contributed by atoms with E-state index >= 15 is 0 Å². The van der Waals surface area contributed by atoms with Crippen LogP contribution in [-0.2, 0) is 0 Å². The Morgan fingerprint density at radius 1 is 0.909 bits per heavy atom. The van der Waals surface area contributed by atoms with Crippen molar-refractivity contribution >= 4 is 28.0 Å². The summed E-state index contributed by atoms with van der Waals surface area (Å²) in [5, 5.41) is 0.735. The van der Waals surface area contributed by atoms with Crippen LogP contribution in [0.4, 0.5) is 5.69 Å². The van der Waals surface area contributed by atoms with Gasteiger partial charge in [-0.25, -0.2) is 4.79 Å². The van der Waals surface area contributed by atoms with E-state index in [0.29, 0.717) is 11.1 Å². The van der Waals surface area contributed by atoms with Crippen molar-refractivity contribution in [1.82, 2.24) is 0 Å². The van der Waals surface area contributed by atoms with Gasteiger partial charge in [0, 0.05) is 35.3 Å². The SMILES string of the molecule is CC1=CC(C)(C)N(C)c2cc3oc(=O)c(C(=O)c4ccc(-c5ccccc5)cc4)cc3cc21. The lowest BCUT2D eigenvalue weighted by atomic mass is 9.88. The number of allylic oxidation sites excluding steroid dienone is 1. The molecule has 0 amide bonds. The Hall–Kier alpha value is -3.92. The molecule has 0 saturated heterocycles. The zero-order valence-electron chi connectivity index (χ0n) is 19.2. The summed E-state index contributed by atoms with van der Waals surface area (Å²) < 4.78 is 5.62. The van der Waals surface area contributed by atoms with Crippen molar-refractivity contribution < 1.29 is 9.21 Å². The van der Waals surface area contributed by atoms with Gasteiger partial charge in [0.1, 0.15) is 11.1 Å². The molecule has 5 rings (SSSR count). The zero-order chi connectivity index (χ0) is 23.3. The average Bonchev–Trinajstić information content (AvgIpc) is 2.81. The average molecular weight is 436 g/mol. The van der Waals surface area contributed by atoms with Gasteiger partial charge in [0.25, 0.3) is 0 Å². The lowest BCUT2D eigenvalue weighted by molar-refractivity contribution is 0.103. The number of carbonyl (C=O) groups excluding carboxylic acids is 1.